The van der Waals surface area contributed by atoms with Gasteiger partial charge in [0.2, 0.25) is 0 Å². The molecule has 3 aliphatic carbocycles. The van der Waals surface area contributed by atoms with Gasteiger partial charge >= 0.3 is 5.97 Å². The predicted octanol–water partition coefficient (Wildman–Crippen LogP) is 4.15. The molecule has 3 fully saturated rings. The van der Waals surface area contributed by atoms with Gasteiger partial charge in [-0.25, -0.2) is 0 Å². The lowest BCUT2D eigenvalue weighted by atomic mass is 9.48. The molecule has 172 valence electrons. The van der Waals surface area contributed by atoms with E-state index in [9.17, 15) is 9.90 Å². The third-order valence-electron chi connectivity index (χ3n) is 8.59. The molecule has 2 aliphatic heterocycles. The van der Waals surface area contributed by atoms with Crippen molar-refractivity contribution in [3.05, 3.63) is 35.4 Å². The minimum absolute atomic E-state index is 0.115. The maximum Gasteiger partial charge on any atom is 0.311 e. The lowest BCUT2D eigenvalue weighted by molar-refractivity contribution is -0.174. The van der Waals surface area contributed by atoms with E-state index in [1.807, 2.05) is 26.8 Å². The van der Waals surface area contributed by atoms with Crippen molar-refractivity contribution in [3.8, 4) is 11.5 Å². The summed E-state index contributed by atoms with van der Waals surface area (Å²) in [4.78, 5) is 15.2. The van der Waals surface area contributed by atoms with Crippen LogP contribution in [0.5, 0.6) is 11.5 Å². The lowest BCUT2D eigenvalue weighted by Gasteiger charge is -2.63. The topological polar surface area (TPSA) is 59.0 Å². The van der Waals surface area contributed by atoms with Crippen LogP contribution >= 0.6 is 0 Å². The van der Waals surface area contributed by atoms with Crippen LogP contribution in [0.3, 0.4) is 0 Å². The van der Waals surface area contributed by atoms with Crippen LogP contribution in [0.2, 0.25) is 0 Å². The Balaban J connectivity index is 1.44. The number of piperidine rings is 1. The fourth-order valence-corrected chi connectivity index (χ4v) is 7.05. The Morgan fingerprint density at radius 2 is 2.09 bits per heavy atom. The summed E-state index contributed by atoms with van der Waals surface area (Å²) in [6.07, 6.45) is 5.92. The van der Waals surface area contributed by atoms with Crippen molar-refractivity contribution in [2.45, 2.75) is 88.9 Å². The largest absolute Gasteiger partial charge is 0.481 e. The second-order valence-corrected chi connectivity index (χ2v) is 12.1. The van der Waals surface area contributed by atoms with Crippen molar-refractivity contribution in [3.63, 3.8) is 0 Å². The number of carbonyl (C=O) groups excluding carboxylic acids is 1. The molecule has 32 heavy (non-hydrogen) atoms. The number of rotatable bonds is 4. The summed E-state index contributed by atoms with van der Waals surface area (Å²) in [5.74, 6) is 1.72. The highest BCUT2D eigenvalue weighted by Gasteiger charge is 2.72. The Morgan fingerprint density at radius 1 is 1.31 bits per heavy atom. The lowest BCUT2D eigenvalue weighted by Crippen LogP contribution is -2.75. The van der Waals surface area contributed by atoms with Crippen LogP contribution in [0.4, 0.5) is 0 Å². The molecule has 2 saturated carbocycles. The second kappa shape index (κ2) is 6.60. The molecule has 1 aromatic rings. The van der Waals surface area contributed by atoms with E-state index in [-0.39, 0.29) is 23.5 Å². The van der Waals surface area contributed by atoms with E-state index < -0.39 is 11.0 Å². The molecule has 2 heterocycles. The molecule has 5 aliphatic rings. The third kappa shape index (κ3) is 2.80. The highest BCUT2D eigenvalue weighted by atomic mass is 16.6. The van der Waals surface area contributed by atoms with Gasteiger partial charge in [-0.15, -0.1) is 0 Å². The standard InChI is InChI=1S/C27H35NO4/c1-16-9-10-27(30)20-13-18-7-8-19(31-21(29)14-25(2,3)4)23-22(18)26(27,24(16)32-23)11-12-28(20)15-17-5-6-17/h7-8,17,20,24,30H,1,5-6,9-15H2,2-4H3/t20?,24-,26-,27+/m0/s1. The van der Waals surface area contributed by atoms with E-state index in [1.54, 1.807) is 0 Å². The number of aliphatic hydroxyl groups is 1. The Labute approximate surface area is 190 Å². The zero-order valence-electron chi connectivity index (χ0n) is 19.6. The summed E-state index contributed by atoms with van der Waals surface area (Å²) in [5, 5.41) is 12.4. The molecule has 4 atom stereocenters. The number of carbonyl (C=O) groups is 1. The first-order valence-electron chi connectivity index (χ1n) is 12.3. The highest BCUT2D eigenvalue weighted by molar-refractivity contribution is 5.75. The zero-order chi connectivity index (χ0) is 22.5. The number of ether oxygens (including phenoxy) is 2. The Morgan fingerprint density at radius 3 is 2.81 bits per heavy atom. The van der Waals surface area contributed by atoms with Crippen molar-refractivity contribution >= 4 is 5.97 Å². The molecule has 6 rings (SSSR count). The van der Waals surface area contributed by atoms with Crippen LogP contribution in [0, 0.1) is 11.3 Å². The summed E-state index contributed by atoms with van der Waals surface area (Å²) in [6, 6.07) is 4.12. The van der Waals surface area contributed by atoms with Gasteiger partial charge in [-0.3, -0.25) is 9.69 Å². The SMILES string of the molecule is C=C1CC[C@@]2(O)C3Cc4ccc(OC(=O)CC(C)(C)C)c5c4[C@@]2(CCN3CC2CC2)[C@H]1O5. The van der Waals surface area contributed by atoms with Gasteiger partial charge < -0.3 is 14.6 Å². The normalized spacial score (nSPS) is 35.3. The first-order valence-corrected chi connectivity index (χ1v) is 12.3. The van der Waals surface area contributed by atoms with E-state index in [2.05, 4.69) is 17.5 Å². The molecule has 0 amide bonds. The molecule has 2 bridgehead atoms. The Kier molecular flexibility index (Phi) is 4.28. The van der Waals surface area contributed by atoms with Gasteiger partial charge in [0.15, 0.2) is 11.5 Å². The van der Waals surface area contributed by atoms with Crippen LogP contribution < -0.4 is 9.47 Å². The Bertz CT molecular complexity index is 1010. The average Bonchev–Trinajstić information content (AvgIpc) is 3.43. The number of likely N-dealkylation sites (tertiary alicyclic amines) is 1. The van der Waals surface area contributed by atoms with Crippen molar-refractivity contribution in [2.24, 2.45) is 11.3 Å². The number of benzene rings is 1. The summed E-state index contributed by atoms with van der Waals surface area (Å²) in [5.41, 5.74) is 1.92. The van der Waals surface area contributed by atoms with E-state index in [1.165, 1.54) is 18.4 Å². The number of hydrogen-bond donors (Lipinski definition) is 1. The molecule has 1 aromatic carbocycles. The minimum Gasteiger partial charge on any atom is -0.481 e. The van der Waals surface area contributed by atoms with Gasteiger partial charge in [0.25, 0.3) is 0 Å². The Hall–Kier alpha value is -1.85. The van der Waals surface area contributed by atoms with Crippen molar-refractivity contribution < 1.29 is 19.4 Å². The number of esters is 1. The number of hydrogen-bond acceptors (Lipinski definition) is 5. The van der Waals surface area contributed by atoms with Crippen LogP contribution in [-0.2, 0) is 16.6 Å². The van der Waals surface area contributed by atoms with E-state index in [0.717, 1.165) is 55.8 Å². The molecular weight excluding hydrogens is 402 g/mol. The third-order valence-corrected chi connectivity index (χ3v) is 8.59. The summed E-state index contributed by atoms with van der Waals surface area (Å²) in [7, 11) is 0. The maximum atomic E-state index is 12.6. The zero-order valence-corrected chi connectivity index (χ0v) is 19.6. The second-order valence-electron chi connectivity index (χ2n) is 12.1. The van der Waals surface area contributed by atoms with Gasteiger partial charge in [-0.2, -0.15) is 0 Å². The van der Waals surface area contributed by atoms with Gasteiger partial charge in [0.05, 0.1) is 17.4 Å². The van der Waals surface area contributed by atoms with E-state index in [4.69, 9.17) is 9.47 Å². The molecule has 1 N–H and O–H groups in total. The summed E-state index contributed by atoms with van der Waals surface area (Å²) in [6.45, 7) is 12.5. The maximum absolute atomic E-state index is 12.6. The summed E-state index contributed by atoms with van der Waals surface area (Å²) >= 11 is 0. The summed E-state index contributed by atoms with van der Waals surface area (Å²) < 4.78 is 12.4. The molecule has 1 unspecified atom stereocenters. The van der Waals surface area contributed by atoms with Crippen molar-refractivity contribution in [1.29, 1.82) is 0 Å². The van der Waals surface area contributed by atoms with Crippen LogP contribution in [0.25, 0.3) is 0 Å². The van der Waals surface area contributed by atoms with Crippen molar-refractivity contribution in [1.82, 2.24) is 4.90 Å². The van der Waals surface area contributed by atoms with Gasteiger partial charge in [0, 0.05) is 18.2 Å². The molecule has 0 aromatic heterocycles. The molecule has 0 radical (unpaired) electrons. The monoisotopic (exact) mass is 437 g/mol. The highest BCUT2D eigenvalue weighted by Crippen LogP contribution is 2.66. The van der Waals surface area contributed by atoms with Crippen LogP contribution in [-0.4, -0.2) is 46.8 Å². The molecule has 5 heteroatoms. The molecular formula is C27H35NO4. The first kappa shape index (κ1) is 20.7. The molecule has 5 nitrogen and oxygen atoms in total. The fourth-order valence-electron chi connectivity index (χ4n) is 7.05. The molecule has 1 saturated heterocycles. The number of nitrogens with zero attached hydrogens (tertiary/aromatic N) is 1. The van der Waals surface area contributed by atoms with Crippen LogP contribution in [0.1, 0.15) is 70.4 Å². The van der Waals surface area contributed by atoms with Gasteiger partial charge in [0.1, 0.15) is 6.10 Å². The van der Waals surface area contributed by atoms with E-state index >= 15 is 0 Å². The quantitative estimate of drug-likeness (QED) is 0.436. The van der Waals surface area contributed by atoms with Gasteiger partial charge in [-0.05, 0) is 73.6 Å². The van der Waals surface area contributed by atoms with Crippen LogP contribution in [0.15, 0.2) is 24.3 Å². The van der Waals surface area contributed by atoms with Crippen molar-refractivity contribution in [2.75, 3.05) is 13.1 Å². The average molecular weight is 438 g/mol. The fraction of sp³-hybridized carbons (Fsp3) is 0.667. The first-order chi connectivity index (χ1) is 15.1. The van der Waals surface area contributed by atoms with Gasteiger partial charge in [-0.1, -0.05) is 33.4 Å². The minimum atomic E-state index is -0.835. The molecule has 1 spiro atoms. The van der Waals surface area contributed by atoms with E-state index in [0.29, 0.717) is 17.9 Å². The smallest absolute Gasteiger partial charge is 0.311 e. The predicted molar refractivity (Wildman–Crippen MR) is 122 cm³/mol.